The molecule has 1 aliphatic heterocycles. The van der Waals surface area contributed by atoms with Crippen molar-refractivity contribution in [3.63, 3.8) is 0 Å². The number of likely N-dealkylation sites (tertiary alicyclic amines) is 1. The first-order valence-corrected chi connectivity index (χ1v) is 7.12. The number of likely N-dealkylation sites (N-methyl/N-ethyl adjacent to an activating group) is 1. The van der Waals surface area contributed by atoms with Crippen molar-refractivity contribution in [2.45, 2.75) is 50.2 Å². The lowest BCUT2D eigenvalue weighted by Gasteiger charge is -2.28. The second-order valence-electron chi connectivity index (χ2n) is 4.69. The fraction of sp³-hybridized carbons (Fsp3) is 0.917. The van der Waals surface area contributed by atoms with E-state index in [2.05, 4.69) is 26.1 Å². The van der Waals surface area contributed by atoms with Gasteiger partial charge < -0.3 is 10.2 Å². The first-order chi connectivity index (χ1) is 7.56. The normalized spacial score (nSPS) is 20.2. The minimum atomic E-state index is -0.0366. The van der Waals surface area contributed by atoms with Crippen molar-refractivity contribution in [3.8, 4) is 0 Å². The largest absolute Gasteiger partial charge is 0.341 e. The molecule has 1 amide bonds. The van der Waals surface area contributed by atoms with Crippen LogP contribution in [0.3, 0.4) is 0 Å². The molecule has 2 atom stereocenters. The maximum absolute atomic E-state index is 12.2. The van der Waals surface area contributed by atoms with Gasteiger partial charge in [-0.2, -0.15) is 11.8 Å². The van der Waals surface area contributed by atoms with Crippen LogP contribution in [-0.2, 0) is 4.79 Å². The maximum Gasteiger partial charge on any atom is 0.240 e. The topological polar surface area (TPSA) is 32.3 Å². The molecule has 2 unspecified atom stereocenters. The van der Waals surface area contributed by atoms with E-state index in [9.17, 15) is 4.79 Å². The highest BCUT2D eigenvalue weighted by atomic mass is 32.2. The van der Waals surface area contributed by atoms with E-state index >= 15 is 0 Å². The van der Waals surface area contributed by atoms with E-state index in [-0.39, 0.29) is 11.9 Å². The number of hydrogen-bond donors (Lipinski definition) is 1. The van der Waals surface area contributed by atoms with Gasteiger partial charge >= 0.3 is 0 Å². The van der Waals surface area contributed by atoms with Crippen LogP contribution in [0, 0.1) is 0 Å². The monoisotopic (exact) mass is 244 g/mol. The Morgan fingerprint density at radius 2 is 1.81 bits per heavy atom. The van der Waals surface area contributed by atoms with Gasteiger partial charge in [0.05, 0.1) is 6.04 Å². The highest BCUT2D eigenvalue weighted by Gasteiger charge is 2.29. The number of rotatable bonds is 5. The number of thioether (sulfide) groups is 1. The molecule has 4 heteroatoms. The summed E-state index contributed by atoms with van der Waals surface area (Å²) >= 11 is 1.86. The van der Waals surface area contributed by atoms with Crippen molar-refractivity contribution in [3.05, 3.63) is 0 Å². The fourth-order valence-electron chi connectivity index (χ4n) is 2.20. The third-order valence-electron chi connectivity index (χ3n) is 2.95. The molecule has 1 aliphatic rings. The molecule has 0 saturated carbocycles. The number of nitrogens with zero attached hydrogens (tertiary/aromatic N) is 1. The zero-order valence-electron chi connectivity index (χ0n) is 10.8. The molecular weight excluding hydrogens is 220 g/mol. The molecule has 0 aromatic heterocycles. The second kappa shape index (κ2) is 6.50. The minimum absolute atomic E-state index is 0.0366. The third kappa shape index (κ3) is 3.67. The summed E-state index contributed by atoms with van der Waals surface area (Å²) in [5.74, 6) is 0.278. The molecule has 1 rings (SSSR count). The quantitative estimate of drug-likeness (QED) is 0.799. The van der Waals surface area contributed by atoms with Gasteiger partial charge in [-0.25, -0.2) is 0 Å². The van der Waals surface area contributed by atoms with Crippen molar-refractivity contribution < 1.29 is 4.79 Å². The van der Waals surface area contributed by atoms with Gasteiger partial charge in [0.25, 0.3) is 0 Å². The SMILES string of the molecule is CNC(C(=O)N1CCCC1)C(C)SC(C)C. The van der Waals surface area contributed by atoms with Crippen molar-refractivity contribution in [2.75, 3.05) is 20.1 Å². The van der Waals surface area contributed by atoms with Gasteiger partial charge in [0.1, 0.15) is 0 Å². The lowest BCUT2D eigenvalue weighted by atomic mass is 10.2. The van der Waals surface area contributed by atoms with Crippen LogP contribution >= 0.6 is 11.8 Å². The Morgan fingerprint density at radius 3 is 2.25 bits per heavy atom. The summed E-state index contributed by atoms with van der Waals surface area (Å²) in [5, 5.41) is 4.07. The fourth-order valence-corrected chi connectivity index (χ4v) is 3.47. The van der Waals surface area contributed by atoms with E-state index in [1.165, 1.54) is 0 Å². The first-order valence-electron chi connectivity index (χ1n) is 6.17. The molecule has 0 bridgehead atoms. The predicted octanol–water partition coefficient (Wildman–Crippen LogP) is 1.73. The Labute approximate surface area is 103 Å². The number of hydrogen-bond acceptors (Lipinski definition) is 3. The number of amides is 1. The zero-order chi connectivity index (χ0) is 12.1. The third-order valence-corrected chi connectivity index (χ3v) is 4.20. The molecule has 1 N–H and O–H groups in total. The molecule has 0 radical (unpaired) electrons. The summed E-state index contributed by atoms with van der Waals surface area (Å²) in [6.07, 6.45) is 2.32. The number of carbonyl (C=O) groups is 1. The summed E-state index contributed by atoms with van der Waals surface area (Å²) in [6.45, 7) is 8.37. The average Bonchev–Trinajstić information content (AvgIpc) is 2.69. The van der Waals surface area contributed by atoms with Gasteiger partial charge in [-0.1, -0.05) is 20.8 Å². The average molecular weight is 244 g/mol. The molecule has 3 nitrogen and oxygen atoms in total. The van der Waals surface area contributed by atoms with Crippen LogP contribution in [0.5, 0.6) is 0 Å². The second-order valence-corrected chi connectivity index (χ2v) is 6.65. The zero-order valence-corrected chi connectivity index (χ0v) is 11.6. The van der Waals surface area contributed by atoms with E-state index in [1.54, 1.807) is 0 Å². The molecule has 0 spiro atoms. The highest BCUT2D eigenvalue weighted by Crippen LogP contribution is 2.21. The minimum Gasteiger partial charge on any atom is -0.341 e. The van der Waals surface area contributed by atoms with Crippen LogP contribution in [0.25, 0.3) is 0 Å². The summed E-state index contributed by atoms with van der Waals surface area (Å²) < 4.78 is 0. The Hall–Kier alpha value is -0.220. The van der Waals surface area contributed by atoms with E-state index in [4.69, 9.17) is 0 Å². The Bertz CT molecular complexity index is 227. The van der Waals surface area contributed by atoms with Crippen LogP contribution in [-0.4, -0.2) is 47.5 Å². The van der Waals surface area contributed by atoms with Gasteiger partial charge in [-0.15, -0.1) is 0 Å². The smallest absolute Gasteiger partial charge is 0.240 e. The van der Waals surface area contributed by atoms with Crippen molar-refractivity contribution >= 4 is 17.7 Å². The van der Waals surface area contributed by atoms with Crippen LogP contribution in [0.1, 0.15) is 33.6 Å². The van der Waals surface area contributed by atoms with Crippen molar-refractivity contribution in [2.24, 2.45) is 0 Å². The summed E-state index contributed by atoms with van der Waals surface area (Å²) in [4.78, 5) is 14.2. The standard InChI is InChI=1S/C12H24N2OS/c1-9(2)16-10(3)11(13-4)12(15)14-7-5-6-8-14/h9-11,13H,5-8H2,1-4H3. The Balaban J connectivity index is 2.54. The molecule has 1 heterocycles. The van der Waals surface area contributed by atoms with Crippen LogP contribution < -0.4 is 5.32 Å². The van der Waals surface area contributed by atoms with E-state index < -0.39 is 0 Å². The lowest BCUT2D eigenvalue weighted by molar-refractivity contribution is -0.132. The molecular formula is C12H24N2OS. The molecule has 16 heavy (non-hydrogen) atoms. The van der Waals surface area contributed by atoms with Crippen LogP contribution in [0.2, 0.25) is 0 Å². The van der Waals surface area contributed by atoms with Crippen LogP contribution in [0.4, 0.5) is 0 Å². The highest BCUT2D eigenvalue weighted by molar-refractivity contribution is 8.00. The molecule has 0 aromatic rings. The molecule has 0 aromatic carbocycles. The van der Waals surface area contributed by atoms with Gasteiger partial charge in [-0.05, 0) is 25.1 Å². The van der Waals surface area contributed by atoms with E-state index in [0.29, 0.717) is 10.5 Å². The summed E-state index contributed by atoms with van der Waals surface area (Å²) in [7, 11) is 1.88. The van der Waals surface area contributed by atoms with Crippen molar-refractivity contribution in [1.82, 2.24) is 10.2 Å². The Morgan fingerprint density at radius 1 is 1.25 bits per heavy atom. The summed E-state index contributed by atoms with van der Waals surface area (Å²) in [6, 6.07) is -0.0366. The maximum atomic E-state index is 12.2. The Kier molecular flexibility index (Phi) is 5.62. The van der Waals surface area contributed by atoms with Gasteiger partial charge in [0, 0.05) is 18.3 Å². The molecule has 0 aliphatic carbocycles. The van der Waals surface area contributed by atoms with E-state index in [0.717, 1.165) is 25.9 Å². The summed E-state index contributed by atoms with van der Waals surface area (Å²) in [5.41, 5.74) is 0. The first kappa shape index (κ1) is 13.8. The van der Waals surface area contributed by atoms with E-state index in [1.807, 2.05) is 23.7 Å². The number of nitrogens with one attached hydrogen (secondary N) is 1. The number of carbonyl (C=O) groups excluding carboxylic acids is 1. The predicted molar refractivity (Wildman–Crippen MR) is 70.9 cm³/mol. The lowest BCUT2D eigenvalue weighted by Crippen LogP contribution is -2.49. The van der Waals surface area contributed by atoms with Gasteiger partial charge in [0.2, 0.25) is 5.91 Å². The van der Waals surface area contributed by atoms with Crippen molar-refractivity contribution in [1.29, 1.82) is 0 Å². The van der Waals surface area contributed by atoms with Crippen LogP contribution in [0.15, 0.2) is 0 Å². The molecule has 1 fully saturated rings. The van der Waals surface area contributed by atoms with Gasteiger partial charge in [-0.3, -0.25) is 4.79 Å². The molecule has 94 valence electrons. The molecule has 1 saturated heterocycles. The van der Waals surface area contributed by atoms with Gasteiger partial charge in [0.15, 0.2) is 0 Å².